The Bertz CT molecular complexity index is 1060. The van der Waals surface area contributed by atoms with E-state index in [1.165, 1.54) is 18.2 Å². The average molecular weight is 422 g/mol. The molecule has 10 heteroatoms. The number of piperazine rings is 1. The van der Waals surface area contributed by atoms with Crippen molar-refractivity contribution in [3.8, 4) is 0 Å². The number of hydrogen-bond acceptors (Lipinski definition) is 4. The fourth-order valence-electron chi connectivity index (χ4n) is 3.78. The van der Waals surface area contributed by atoms with Gasteiger partial charge in [-0.05, 0) is 30.3 Å². The van der Waals surface area contributed by atoms with Crippen LogP contribution < -0.4 is 4.90 Å². The van der Waals surface area contributed by atoms with E-state index in [0.29, 0.717) is 48.5 Å². The van der Waals surface area contributed by atoms with Crippen LogP contribution in [0.1, 0.15) is 17.2 Å². The van der Waals surface area contributed by atoms with Crippen molar-refractivity contribution in [1.29, 1.82) is 0 Å². The van der Waals surface area contributed by atoms with Crippen LogP contribution in [0.3, 0.4) is 0 Å². The third-order valence-electron chi connectivity index (χ3n) is 5.28. The third kappa shape index (κ3) is 3.82. The molecule has 1 aliphatic heterocycles. The molecule has 3 aromatic rings. The second-order valence-electron chi connectivity index (χ2n) is 7.10. The molecular weight excluding hydrogens is 404 g/mol. The van der Waals surface area contributed by atoms with Gasteiger partial charge in [-0.2, -0.15) is 13.2 Å². The first-order valence-electron chi connectivity index (χ1n) is 9.25. The van der Waals surface area contributed by atoms with Gasteiger partial charge in [0.2, 0.25) is 0 Å². The lowest BCUT2D eigenvalue weighted by Crippen LogP contribution is -2.49. The molecule has 2 N–H and O–H groups in total. The first-order valence-corrected chi connectivity index (χ1v) is 9.25. The molecule has 0 amide bonds. The Hall–Kier alpha value is -3.14. The van der Waals surface area contributed by atoms with Crippen LogP contribution in [0.2, 0.25) is 0 Å². The van der Waals surface area contributed by atoms with Gasteiger partial charge >= 0.3 is 12.1 Å². The second kappa shape index (κ2) is 7.60. The van der Waals surface area contributed by atoms with Crippen molar-refractivity contribution >= 4 is 22.7 Å². The number of aromatic nitrogens is 2. The molecule has 1 fully saturated rings. The first-order chi connectivity index (χ1) is 14.2. The zero-order chi connectivity index (χ0) is 21.5. The van der Waals surface area contributed by atoms with E-state index in [0.717, 1.165) is 12.3 Å². The Kier molecular flexibility index (Phi) is 5.10. The standard InChI is InChI=1S/C20H18F4N4O2/c21-13-2-3-14-15(11-25-16(14)9-13)18(19(29)30)28-7-5-27(6-8-28)17-4-1-12(10-26-17)20(22,23)24/h1-4,9-11,18,25H,5-8H2,(H,29,30)/t18-/m1/s1. The molecule has 3 heterocycles. The lowest BCUT2D eigenvalue weighted by Gasteiger charge is -2.38. The summed E-state index contributed by atoms with van der Waals surface area (Å²) in [6.07, 6.45) is -2.07. The van der Waals surface area contributed by atoms with E-state index in [4.69, 9.17) is 0 Å². The highest BCUT2D eigenvalue weighted by molar-refractivity contribution is 5.89. The van der Waals surface area contributed by atoms with Crippen molar-refractivity contribution < 1.29 is 27.5 Å². The number of fused-ring (bicyclic) bond motifs is 1. The zero-order valence-electron chi connectivity index (χ0n) is 15.7. The summed E-state index contributed by atoms with van der Waals surface area (Å²) in [6, 6.07) is 5.53. The highest BCUT2D eigenvalue weighted by Crippen LogP contribution is 2.32. The summed E-state index contributed by atoms with van der Waals surface area (Å²) in [5.74, 6) is -1.03. The van der Waals surface area contributed by atoms with Gasteiger partial charge in [-0.15, -0.1) is 0 Å². The Balaban J connectivity index is 1.50. The number of carbonyl (C=O) groups is 1. The SMILES string of the molecule is O=C(O)[C@@H](c1c[nH]c2cc(F)ccc12)N1CCN(c2ccc(C(F)(F)F)cn2)CC1. The Morgan fingerprint density at radius 3 is 2.47 bits per heavy atom. The quantitative estimate of drug-likeness (QED) is 0.628. The average Bonchev–Trinajstić information content (AvgIpc) is 3.10. The number of anilines is 1. The number of carboxylic acid groups (broad SMARTS) is 1. The molecule has 2 aromatic heterocycles. The molecule has 0 radical (unpaired) electrons. The van der Waals surface area contributed by atoms with E-state index in [9.17, 15) is 27.5 Å². The summed E-state index contributed by atoms with van der Waals surface area (Å²) >= 11 is 0. The van der Waals surface area contributed by atoms with Crippen LogP contribution in [0.5, 0.6) is 0 Å². The van der Waals surface area contributed by atoms with Crippen LogP contribution in [0, 0.1) is 5.82 Å². The Morgan fingerprint density at radius 1 is 1.13 bits per heavy atom. The molecule has 158 valence electrons. The summed E-state index contributed by atoms with van der Waals surface area (Å²) in [5.41, 5.74) is 0.244. The van der Waals surface area contributed by atoms with E-state index < -0.39 is 29.6 Å². The molecule has 1 atom stereocenters. The topological polar surface area (TPSA) is 72.5 Å². The van der Waals surface area contributed by atoms with Gasteiger partial charge < -0.3 is 15.0 Å². The van der Waals surface area contributed by atoms with E-state index in [2.05, 4.69) is 9.97 Å². The minimum absolute atomic E-state index is 0.382. The zero-order valence-corrected chi connectivity index (χ0v) is 15.7. The van der Waals surface area contributed by atoms with E-state index >= 15 is 0 Å². The maximum atomic E-state index is 13.4. The molecule has 1 saturated heterocycles. The van der Waals surface area contributed by atoms with E-state index in [-0.39, 0.29) is 0 Å². The molecule has 0 spiro atoms. The van der Waals surface area contributed by atoms with Crippen LogP contribution in [0.4, 0.5) is 23.4 Å². The predicted octanol–water partition coefficient (Wildman–Crippen LogP) is 3.67. The predicted molar refractivity (Wildman–Crippen MR) is 102 cm³/mol. The summed E-state index contributed by atoms with van der Waals surface area (Å²) in [6.45, 7) is 1.60. The third-order valence-corrected chi connectivity index (χ3v) is 5.28. The maximum absolute atomic E-state index is 13.4. The number of H-pyrrole nitrogens is 1. The summed E-state index contributed by atoms with van der Waals surface area (Å²) in [5, 5.41) is 10.5. The van der Waals surface area contributed by atoms with Gasteiger partial charge in [0.15, 0.2) is 0 Å². The minimum Gasteiger partial charge on any atom is -0.480 e. The number of halogens is 4. The number of hydrogen-bond donors (Lipinski definition) is 2. The highest BCUT2D eigenvalue weighted by Gasteiger charge is 2.33. The molecule has 0 unspecified atom stereocenters. The second-order valence-corrected chi connectivity index (χ2v) is 7.10. The minimum atomic E-state index is -4.44. The van der Waals surface area contributed by atoms with Crippen LogP contribution >= 0.6 is 0 Å². The van der Waals surface area contributed by atoms with Crippen molar-refractivity contribution in [2.24, 2.45) is 0 Å². The number of aromatic amines is 1. The van der Waals surface area contributed by atoms with Gasteiger partial charge in [-0.1, -0.05) is 0 Å². The maximum Gasteiger partial charge on any atom is 0.417 e. The molecule has 1 aliphatic rings. The number of nitrogens with zero attached hydrogens (tertiary/aromatic N) is 3. The monoisotopic (exact) mass is 422 g/mol. The fraction of sp³-hybridized carbons (Fsp3) is 0.300. The van der Waals surface area contributed by atoms with Crippen molar-refractivity contribution in [3.05, 3.63) is 59.7 Å². The normalized spacial score (nSPS) is 16.7. The van der Waals surface area contributed by atoms with Crippen LogP contribution in [0.25, 0.3) is 10.9 Å². The van der Waals surface area contributed by atoms with E-state index in [1.54, 1.807) is 17.2 Å². The van der Waals surface area contributed by atoms with Crippen molar-refractivity contribution in [2.45, 2.75) is 12.2 Å². The number of nitrogens with one attached hydrogen (secondary N) is 1. The highest BCUT2D eigenvalue weighted by atomic mass is 19.4. The first kappa shape index (κ1) is 20.1. The molecule has 4 rings (SSSR count). The molecule has 0 aliphatic carbocycles. The Morgan fingerprint density at radius 2 is 1.87 bits per heavy atom. The number of aliphatic carboxylic acids is 1. The lowest BCUT2D eigenvalue weighted by molar-refractivity contribution is -0.143. The van der Waals surface area contributed by atoms with Gasteiger partial charge in [-0.25, -0.2) is 9.37 Å². The molecule has 30 heavy (non-hydrogen) atoms. The number of benzene rings is 1. The lowest BCUT2D eigenvalue weighted by atomic mass is 10.0. The largest absolute Gasteiger partial charge is 0.480 e. The summed E-state index contributed by atoms with van der Waals surface area (Å²) in [7, 11) is 0. The summed E-state index contributed by atoms with van der Waals surface area (Å²) < 4.78 is 51.6. The molecule has 0 bridgehead atoms. The number of rotatable bonds is 4. The number of carboxylic acids is 1. The van der Waals surface area contributed by atoms with Gasteiger partial charge in [-0.3, -0.25) is 9.69 Å². The smallest absolute Gasteiger partial charge is 0.417 e. The fourth-order valence-corrected chi connectivity index (χ4v) is 3.78. The Labute approximate surface area is 168 Å². The van der Waals surface area contributed by atoms with Crippen molar-refractivity contribution in [1.82, 2.24) is 14.9 Å². The number of alkyl halides is 3. The molecule has 6 nitrogen and oxygen atoms in total. The van der Waals surface area contributed by atoms with Crippen LogP contribution in [0.15, 0.2) is 42.7 Å². The van der Waals surface area contributed by atoms with Crippen LogP contribution in [-0.4, -0.2) is 52.1 Å². The molecule has 0 saturated carbocycles. The molecular formula is C20H18F4N4O2. The summed E-state index contributed by atoms with van der Waals surface area (Å²) in [4.78, 5) is 22.5. The van der Waals surface area contributed by atoms with Crippen molar-refractivity contribution in [3.63, 3.8) is 0 Å². The van der Waals surface area contributed by atoms with Gasteiger partial charge in [0.05, 0.1) is 5.56 Å². The number of pyridine rings is 1. The van der Waals surface area contributed by atoms with Gasteiger partial charge in [0, 0.05) is 55.0 Å². The van der Waals surface area contributed by atoms with Gasteiger partial charge in [0.1, 0.15) is 17.7 Å². The van der Waals surface area contributed by atoms with E-state index in [1.807, 2.05) is 4.90 Å². The van der Waals surface area contributed by atoms with Gasteiger partial charge in [0.25, 0.3) is 0 Å². The molecule has 1 aromatic carbocycles. The van der Waals surface area contributed by atoms with Crippen molar-refractivity contribution in [2.75, 3.05) is 31.1 Å². The van der Waals surface area contributed by atoms with Crippen LogP contribution in [-0.2, 0) is 11.0 Å².